The number of rotatable bonds is 9. The molecule has 13 heteroatoms. The zero-order valence-electron chi connectivity index (χ0n) is 23.6. The number of carboxylic acids is 1. The van der Waals surface area contributed by atoms with Crippen LogP contribution in [0.25, 0.3) is 10.8 Å². The average Bonchev–Trinajstić information content (AvgIpc) is 2.90. The number of carbonyl (C=O) groups excluding carboxylic acids is 2. The van der Waals surface area contributed by atoms with Gasteiger partial charge in [-0.3, -0.25) is 9.59 Å². The molecule has 4 N–H and O–H groups in total. The number of carboxylic acid groups (broad SMARTS) is 1. The lowest BCUT2D eigenvalue weighted by molar-refractivity contribution is -0.139. The van der Waals surface area contributed by atoms with Crippen molar-refractivity contribution >= 4 is 38.8 Å². The SMILES string of the molecule is CC(C)(C)OC(=O)NCC(=O)NC1(C)COc2cc(C[C@H](NS(=O)(=O)c3ccc4ccccc4c3)C(=O)O)ccc2O1. The normalized spacial score (nSPS) is 17.2. The summed E-state index contributed by atoms with van der Waals surface area (Å²) in [5.41, 5.74) is -1.47. The van der Waals surface area contributed by atoms with Crippen LogP contribution in [0.5, 0.6) is 11.5 Å². The fraction of sp³-hybridized carbons (Fsp3) is 0.345. The average molecular weight is 600 g/mol. The molecule has 4 rings (SSSR count). The van der Waals surface area contributed by atoms with E-state index in [-0.39, 0.29) is 30.2 Å². The summed E-state index contributed by atoms with van der Waals surface area (Å²) in [4.78, 5) is 36.2. The van der Waals surface area contributed by atoms with Gasteiger partial charge in [0.2, 0.25) is 21.7 Å². The molecule has 0 radical (unpaired) electrons. The summed E-state index contributed by atoms with van der Waals surface area (Å²) in [6.45, 7) is 6.28. The maximum Gasteiger partial charge on any atom is 0.408 e. The maximum absolute atomic E-state index is 13.0. The van der Waals surface area contributed by atoms with E-state index in [1.165, 1.54) is 12.1 Å². The van der Waals surface area contributed by atoms with E-state index in [0.717, 1.165) is 5.39 Å². The fourth-order valence-electron chi connectivity index (χ4n) is 4.24. The Labute approximate surface area is 243 Å². The molecule has 0 aromatic heterocycles. The monoisotopic (exact) mass is 599 g/mol. The number of hydrogen-bond acceptors (Lipinski definition) is 8. The summed E-state index contributed by atoms with van der Waals surface area (Å²) in [7, 11) is -4.14. The molecule has 3 aromatic carbocycles. The quantitative estimate of drug-likeness (QED) is 0.289. The minimum absolute atomic E-state index is 0.0442. The van der Waals surface area contributed by atoms with E-state index in [0.29, 0.717) is 16.7 Å². The number of hydrogen-bond donors (Lipinski definition) is 4. The Morgan fingerprint density at radius 3 is 2.43 bits per heavy atom. The Hall–Kier alpha value is -4.36. The van der Waals surface area contributed by atoms with Crippen LogP contribution in [0.15, 0.2) is 65.6 Å². The van der Waals surface area contributed by atoms with Gasteiger partial charge in [-0.1, -0.05) is 36.4 Å². The molecular formula is C29H33N3O9S. The van der Waals surface area contributed by atoms with Crippen LogP contribution < -0.4 is 24.8 Å². The molecule has 12 nitrogen and oxygen atoms in total. The van der Waals surface area contributed by atoms with E-state index < -0.39 is 45.4 Å². The van der Waals surface area contributed by atoms with Gasteiger partial charge in [0.05, 0.1) is 4.90 Å². The number of ether oxygens (including phenoxy) is 3. The smallest absolute Gasteiger partial charge is 0.408 e. The van der Waals surface area contributed by atoms with Crippen molar-refractivity contribution in [2.45, 2.75) is 56.4 Å². The zero-order chi connectivity index (χ0) is 30.7. The van der Waals surface area contributed by atoms with Crippen LogP contribution in [-0.4, -0.2) is 62.0 Å². The highest BCUT2D eigenvalue weighted by molar-refractivity contribution is 7.89. The van der Waals surface area contributed by atoms with E-state index in [9.17, 15) is 27.9 Å². The van der Waals surface area contributed by atoms with Crippen molar-refractivity contribution in [2.75, 3.05) is 13.2 Å². The van der Waals surface area contributed by atoms with Crippen LogP contribution in [0.1, 0.15) is 33.3 Å². The number of sulfonamides is 1. The Bertz CT molecular complexity index is 1620. The number of benzene rings is 3. The van der Waals surface area contributed by atoms with Gasteiger partial charge in [-0.05, 0) is 74.7 Å². The van der Waals surface area contributed by atoms with E-state index in [1.54, 1.807) is 64.1 Å². The second-order valence-corrected chi connectivity index (χ2v) is 12.7. The predicted octanol–water partition coefficient (Wildman–Crippen LogP) is 2.94. The third-order valence-corrected chi connectivity index (χ3v) is 7.58. The topological polar surface area (TPSA) is 169 Å². The predicted molar refractivity (Wildman–Crippen MR) is 153 cm³/mol. The summed E-state index contributed by atoms with van der Waals surface area (Å²) >= 11 is 0. The van der Waals surface area contributed by atoms with Gasteiger partial charge >= 0.3 is 12.1 Å². The Balaban J connectivity index is 1.39. The van der Waals surface area contributed by atoms with Gasteiger partial charge in [0.25, 0.3) is 0 Å². The minimum Gasteiger partial charge on any atom is -0.483 e. The highest BCUT2D eigenvalue weighted by Crippen LogP contribution is 2.35. The van der Waals surface area contributed by atoms with Gasteiger partial charge in [-0.15, -0.1) is 0 Å². The van der Waals surface area contributed by atoms with Gasteiger partial charge in [-0.25, -0.2) is 13.2 Å². The highest BCUT2D eigenvalue weighted by Gasteiger charge is 2.35. The molecule has 0 bridgehead atoms. The number of amides is 2. The number of nitrogens with one attached hydrogen (secondary N) is 3. The van der Waals surface area contributed by atoms with Crippen LogP contribution in [0.4, 0.5) is 4.79 Å². The third kappa shape index (κ3) is 7.89. The third-order valence-electron chi connectivity index (χ3n) is 6.11. The molecule has 0 saturated heterocycles. The van der Waals surface area contributed by atoms with E-state index in [2.05, 4.69) is 15.4 Å². The van der Waals surface area contributed by atoms with Gasteiger partial charge in [-0.2, -0.15) is 4.72 Å². The second kappa shape index (κ2) is 11.9. The number of carbonyl (C=O) groups is 3. The van der Waals surface area contributed by atoms with Gasteiger partial charge in [0, 0.05) is 0 Å². The van der Waals surface area contributed by atoms with Crippen LogP contribution in [-0.2, 0) is 30.8 Å². The first kappa shape index (κ1) is 30.6. The second-order valence-electron chi connectivity index (χ2n) is 11.0. The van der Waals surface area contributed by atoms with Crippen LogP contribution in [0.3, 0.4) is 0 Å². The minimum atomic E-state index is -4.14. The molecule has 0 saturated carbocycles. The van der Waals surface area contributed by atoms with Crippen molar-refractivity contribution in [3.05, 3.63) is 66.2 Å². The molecule has 0 spiro atoms. The first-order valence-corrected chi connectivity index (χ1v) is 14.6. The highest BCUT2D eigenvalue weighted by atomic mass is 32.2. The van der Waals surface area contributed by atoms with Gasteiger partial charge < -0.3 is 30.0 Å². The lowest BCUT2D eigenvalue weighted by Crippen LogP contribution is -2.58. The summed E-state index contributed by atoms with van der Waals surface area (Å²) in [6, 6.07) is 15.1. The molecule has 1 aliphatic rings. The van der Waals surface area contributed by atoms with Crippen molar-refractivity contribution in [1.29, 1.82) is 0 Å². The molecular weight excluding hydrogens is 566 g/mol. The molecule has 42 heavy (non-hydrogen) atoms. The standard InChI is InChI=1S/C29H33N3O9S/c1-28(2,3)41-27(36)30-16-25(33)31-29(4)17-39-24-14-18(9-12-23(24)40-29)13-22(26(34)35)32-42(37,38)21-11-10-19-7-5-6-8-20(19)15-21/h5-12,14-15,22,32H,13,16-17H2,1-4H3,(H,30,36)(H,31,33)(H,34,35)/t22-,29?/m0/s1. The molecule has 1 aliphatic heterocycles. The lowest BCUT2D eigenvalue weighted by Gasteiger charge is -2.36. The van der Waals surface area contributed by atoms with Crippen molar-refractivity contribution < 1.29 is 42.1 Å². The number of fused-ring (bicyclic) bond motifs is 2. The molecule has 3 aromatic rings. The van der Waals surface area contributed by atoms with Crippen molar-refractivity contribution in [3.8, 4) is 11.5 Å². The van der Waals surface area contributed by atoms with Crippen LogP contribution >= 0.6 is 0 Å². The van der Waals surface area contributed by atoms with E-state index >= 15 is 0 Å². The Kier molecular flexibility index (Phi) is 8.64. The van der Waals surface area contributed by atoms with Gasteiger partial charge in [0.1, 0.15) is 24.8 Å². The van der Waals surface area contributed by atoms with Crippen LogP contribution in [0.2, 0.25) is 0 Å². The fourth-order valence-corrected chi connectivity index (χ4v) is 5.46. The maximum atomic E-state index is 13.0. The summed E-state index contributed by atoms with van der Waals surface area (Å²) in [6.07, 6.45) is -0.899. The number of alkyl carbamates (subject to hydrolysis) is 1. The first-order valence-electron chi connectivity index (χ1n) is 13.1. The molecule has 0 fully saturated rings. The van der Waals surface area contributed by atoms with E-state index in [1.807, 2.05) is 12.1 Å². The molecule has 0 aliphatic carbocycles. The first-order chi connectivity index (χ1) is 19.6. The summed E-state index contributed by atoms with van der Waals surface area (Å²) in [5, 5.41) is 16.4. The molecule has 1 heterocycles. The number of aliphatic carboxylic acids is 1. The van der Waals surface area contributed by atoms with E-state index in [4.69, 9.17) is 14.2 Å². The molecule has 2 atom stereocenters. The molecule has 224 valence electrons. The van der Waals surface area contributed by atoms with Crippen molar-refractivity contribution in [1.82, 2.24) is 15.4 Å². The molecule has 1 unspecified atom stereocenters. The summed E-state index contributed by atoms with van der Waals surface area (Å²) < 4.78 is 45.2. The largest absolute Gasteiger partial charge is 0.483 e. The summed E-state index contributed by atoms with van der Waals surface area (Å²) in [5.74, 6) is -1.29. The Morgan fingerprint density at radius 1 is 1.02 bits per heavy atom. The van der Waals surface area contributed by atoms with Gasteiger partial charge in [0.15, 0.2) is 11.5 Å². The van der Waals surface area contributed by atoms with Crippen molar-refractivity contribution in [3.63, 3.8) is 0 Å². The molecule has 2 amide bonds. The zero-order valence-corrected chi connectivity index (χ0v) is 24.4. The van der Waals surface area contributed by atoms with Crippen LogP contribution in [0, 0.1) is 0 Å². The Morgan fingerprint density at radius 2 is 1.74 bits per heavy atom. The lowest BCUT2D eigenvalue weighted by atomic mass is 10.1. The van der Waals surface area contributed by atoms with Crippen molar-refractivity contribution in [2.24, 2.45) is 0 Å².